The molecule has 5 heteroatoms. The molecule has 0 unspecified atom stereocenters. The van der Waals surface area contributed by atoms with Crippen LogP contribution in [0.3, 0.4) is 0 Å². The molecule has 2 aromatic rings. The number of thioether (sulfide) groups is 2. The third-order valence-corrected chi connectivity index (χ3v) is 6.64. The van der Waals surface area contributed by atoms with Crippen molar-refractivity contribution in [1.82, 2.24) is 0 Å². The van der Waals surface area contributed by atoms with Gasteiger partial charge in [0.15, 0.2) is 11.6 Å². The van der Waals surface area contributed by atoms with Crippen LogP contribution in [0, 0.1) is 0 Å². The minimum atomic E-state index is -0.302. The molecule has 1 saturated heterocycles. The molecule has 0 bridgehead atoms. The smallest absolute Gasteiger partial charge is 0.198 e. The zero-order chi connectivity index (χ0) is 19.1. The molecule has 27 heavy (non-hydrogen) atoms. The van der Waals surface area contributed by atoms with Gasteiger partial charge < -0.3 is 5.11 Å². The lowest BCUT2D eigenvalue weighted by atomic mass is 10.0. The highest BCUT2D eigenvalue weighted by molar-refractivity contribution is 8.22. The lowest BCUT2D eigenvalue weighted by Crippen LogP contribution is -2.13. The predicted octanol–water partition coefficient (Wildman–Crippen LogP) is 5.33. The van der Waals surface area contributed by atoms with Gasteiger partial charge in [0.25, 0.3) is 0 Å². The number of carbonyl (C=O) groups is 2. The summed E-state index contributed by atoms with van der Waals surface area (Å²) < 4.78 is 0.812. The maximum Gasteiger partial charge on any atom is 0.198 e. The third-order valence-electron chi connectivity index (χ3n) is 4.02. The van der Waals surface area contributed by atoms with Gasteiger partial charge >= 0.3 is 0 Å². The minimum absolute atomic E-state index is 0.137. The molecular weight excluding hydrogens is 376 g/mol. The third kappa shape index (κ3) is 5.37. The number of rotatable bonds is 5. The number of ketones is 2. The van der Waals surface area contributed by atoms with Crippen molar-refractivity contribution in [3.8, 4) is 5.75 Å². The molecule has 0 amide bonds. The van der Waals surface area contributed by atoms with E-state index < -0.39 is 0 Å². The second-order valence-corrected chi connectivity index (χ2v) is 8.52. The first kappa shape index (κ1) is 19.5. The number of hydrogen-bond acceptors (Lipinski definition) is 5. The van der Waals surface area contributed by atoms with Gasteiger partial charge in [-0.1, -0.05) is 48.5 Å². The predicted molar refractivity (Wildman–Crippen MR) is 114 cm³/mol. The Hall–Kier alpha value is -2.24. The molecule has 3 nitrogen and oxygen atoms in total. The monoisotopic (exact) mass is 396 g/mol. The molecule has 3 rings (SSSR count). The van der Waals surface area contributed by atoms with E-state index in [0.717, 1.165) is 28.6 Å². The van der Waals surface area contributed by atoms with Crippen LogP contribution in [0.2, 0.25) is 0 Å². The summed E-state index contributed by atoms with van der Waals surface area (Å²) in [6.45, 7) is 0. The van der Waals surface area contributed by atoms with Crippen molar-refractivity contribution < 1.29 is 14.7 Å². The van der Waals surface area contributed by atoms with E-state index in [1.54, 1.807) is 78.1 Å². The summed E-state index contributed by atoms with van der Waals surface area (Å²) in [5, 5.41) is 9.57. The van der Waals surface area contributed by atoms with Crippen molar-refractivity contribution in [1.29, 1.82) is 0 Å². The van der Waals surface area contributed by atoms with E-state index in [-0.39, 0.29) is 22.9 Å². The highest BCUT2D eigenvalue weighted by Crippen LogP contribution is 2.37. The van der Waals surface area contributed by atoms with Gasteiger partial charge in [0.2, 0.25) is 0 Å². The fourth-order valence-electron chi connectivity index (χ4n) is 2.64. The van der Waals surface area contributed by atoms with Crippen LogP contribution >= 0.6 is 23.5 Å². The molecule has 1 fully saturated rings. The fraction of sp³-hybridized carbons (Fsp3) is 0.182. The summed E-state index contributed by atoms with van der Waals surface area (Å²) in [5.41, 5.74) is 1.47. The summed E-state index contributed by atoms with van der Waals surface area (Å²) in [5.74, 6) is 1.43. The average Bonchev–Trinajstić information content (AvgIpc) is 2.96. The highest BCUT2D eigenvalue weighted by atomic mass is 32.2. The summed E-state index contributed by atoms with van der Waals surface area (Å²) in [7, 11) is 0. The Morgan fingerprint density at radius 1 is 0.926 bits per heavy atom. The quantitative estimate of drug-likeness (QED) is 0.320. The Morgan fingerprint density at radius 3 is 2.30 bits per heavy atom. The Bertz CT molecular complexity index is 875. The van der Waals surface area contributed by atoms with Crippen LogP contribution in [0.15, 0.2) is 70.5 Å². The minimum Gasteiger partial charge on any atom is -0.508 e. The van der Waals surface area contributed by atoms with Crippen LogP contribution in [0.1, 0.15) is 28.8 Å². The van der Waals surface area contributed by atoms with Gasteiger partial charge in [-0.25, -0.2) is 0 Å². The molecule has 138 valence electrons. The molecule has 0 radical (unpaired) electrons. The maximum atomic E-state index is 13.1. The first-order chi connectivity index (χ1) is 13.1. The van der Waals surface area contributed by atoms with Crippen LogP contribution in [-0.4, -0.2) is 28.2 Å². The molecular formula is C22H20O3S2. The molecule has 1 aliphatic rings. The van der Waals surface area contributed by atoms with Crippen molar-refractivity contribution in [3.63, 3.8) is 0 Å². The van der Waals surface area contributed by atoms with Gasteiger partial charge in [0.05, 0.1) is 9.81 Å². The van der Waals surface area contributed by atoms with Crippen LogP contribution < -0.4 is 0 Å². The Kier molecular flexibility index (Phi) is 6.96. The second-order valence-electron chi connectivity index (χ2n) is 6.05. The first-order valence-electron chi connectivity index (χ1n) is 8.76. The highest BCUT2D eigenvalue weighted by Gasteiger charge is 2.24. The molecule has 0 atom stereocenters. The van der Waals surface area contributed by atoms with Crippen LogP contribution in [-0.2, 0) is 4.79 Å². The van der Waals surface area contributed by atoms with Gasteiger partial charge in [-0.15, -0.1) is 23.5 Å². The van der Waals surface area contributed by atoms with Crippen molar-refractivity contribution in [2.75, 3.05) is 11.5 Å². The van der Waals surface area contributed by atoms with Crippen molar-refractivity contribution >= 4 is 41.2 Å². The number of phenolic OH excluding ortho intramolecular Hbond substituents is 1. The normalized spacial score (nSPS) is 14.7. The van der Waals surface area contributed by atoms with Crippen molar-refractivity contribution in [2.45, 2.75) is 12.8 Å². The number of phenols is 1. The van der Waals surface area contributed by atoms with Gasteiger partial charge in [0.1, 0.15) is 5.75 Å². The zero-order valence-corrected chi connectivity index (χ0v) is 16.4. The standard InChI is InChI=1S/C22H20O3S2/c23-18-10-6-7-16(15-18)11-12-19(24)20(22-26-13-4-5-14-27-22)21(25)17-8-2-1-3-9-17/h1-3,6-12,15,23H,4-5,13-14H2/b12-11+. The van der Waals surface area contributed by atoms with Crippen molar-refractivity contribution in [2.24, 2.45) is 0 Å². The molecule has 1 aliphatic heterocycles. The number of allylic oxidation sites excluding steroid dienone is 2. The maximum absolute atomic E-state index is 13.1. The van der Waals surface area contributed by atoms with E-state index in [1.807, 2.05) is 6.07 Å². The van der Waals surface area contributed by atoms with Crippen LogP contribution in [0.5, 0.6) is 5.75 Å². The zero-order valence-electron chi connectivity index (χ0n) is 14.8. The summed E-state index contributed by atoms with van der Waals surface area (Å²) in [4.78, 5) is 26.1. The van der Waals surface area contributed by atoms with Gasteiger partial charge in [-0.2, -0.15) is 0 Å². The van der Waals surface area contributed by atoms with Gasteiger partial charge in [-0.05, 0) is 48.1 Å². The molecule has 0 aliphatic carbocycles. The topological polar surface area (TPSA) is 54.4 Å². The molecule has 1 N–H and O–H groups in total. The largest absolute Gasteiger partial charge is 0.508 e. The second kappa shape index (κ2) is 9.62. The number of Topliss-reactive ketones (excluding diaryl/α,β-unsaturated/α-hetero) is 1. The number of hydrogen-bond donors (Lipinski definition) is 1. The number of carbonyl (C=O) groups excluding carboxylic acids is 2. The van der Waals surface area contributed by atoms with E-state index >= 15 is 0 Å². The molecule has 0 saturated carbocycles. The molecule has 0 spiro atoms. The van der Waals surface area contributed by atoms with Gasteiger partial charge in [-0.3, -0.25) is 9.59 Å². The fourth-order valence-corrected chi connectivity index (χ4v) is 5.22. The van der Waals surface area contributed by atoms with Gasteiger partial charge in [0, 0.05) is 5.56 Å². The van der Waals surface area contributed by atoms with Crippen LogP contribution in [0.25, 0.3) is 6.08 Å². The average molecular weight is 397 g/mol. The first-order valence-corrected chi connectivity index (χ1v) is 10.7. The lowest BCUT2D eigenvalue weighted by molar-refractivity contribution is -0.111. The summed E-state index contributed by atoms with van der Waals surface area (Å²) in [6.07, 6.45) is 5.22. The molecule has 0 aromatic heterocycles. The summed E-state index contributed by atoms with van der Waals surface area (Å²) in [6, 6.07) is 15.6. The number of aromatic hydroxyl groups is 1. The Morgan fingerprint density at radius 2 is 1.63 bits per heavy atom. The van der Waals surface area contributed by atoms with E-state index in [4.69, 9.17) is 0 Å². The summed E-state index contributed by atoms with van der Waals surface area (Å²) >= 11 is 3.19. The Balaban J connectivity index is 1.95. The SMILES string of the molecule is O=C(/C=C/c1cccc(O)c1)C(C(=O)c1ccccc1)=C1SCCCCS1. The number of benzene rings is 2. The van der Waals surface area contributed by atoms with Crippen molar-refractivity contribution in [3.05, 3.63) is 81.6 Å². The van der Waals surface area contributed by atoms with E-state index in [9.17, 15) is 14.7 Å². The van der Waals surface area contributed by atoms with E-state index in [0.29, 0.717) is 11.1 Å². The Labute approximate surface area is 167 Å². The molecule has 2 aromatic carbocycles. The van der Waals surface area contributed by atoms with E-state index in [2.05, 4.69) is 0 Å². The lowest BCUT2D eigenvalue weighted by Gasteiger charge is -2.10. The molecule has 1 heterocycles. The van der Waals surface area contributed by atoms with Crippen LogP contribution in [0.4, 0.5) is 0 Å². The van der Waals surface area contributed by atoms with E-state index in [1.165, 1.54) is 6.08 Å².